The maximum Gasteiger partial charge on any atom is 0.256 e. The first-order chi connectivity index (χ1) is 12.6. The van der Waals surface area contributed by atoms with Crippen molar-refractivity contribution in [3.8, 4) is 11.3 Å². The number of hydrogen-bond donors (Lipinski definition) is 2. The highest BCUT2D eigenvalue weighted by molar-refractivity contribution is 5.87. The van der Waals surface area contributed by atoms with Crippen molar-refractivity contribution in [2.75, 3.05) is 19.6 Å². The molecule has 1 atom stereocenters. The molecule has 1 saturated heterocycles. The van der Waals surface area contributed by atoms with E-state index in [1.54, 1.807) is 0 Å². The number of fused-ring (bicyclic) bond motifs is 1. The molecule has 1 aromatic heterocycles. The van der Waals surface area contributed by atoms with Crippen LogP contribution >= 0.6 is 0 Å². The van der Waals surface area contributed by atoms with Gasteiger partial charge in [-0.1, -0.05) is 36.4 Å². The molecule has 3 aromatic rings. The fraction of sp³-hybridized carbons (Fsp3) is 0.318. The quantitative estimate of drug-likeness (QED) is 0.764. The number of pyridine rings is 1. The van der Waals surface area contributed by atoms with E-state index in [-0.39, 0.29) is 5.56 Å². The summed E-state index contributed by atoms with van der Waals surface area (Å²) < 4.78 is 0. The molecule has 0 aliphatic carbocycles. The number of benzene rings is 2. The molecule has 4 nitrogen and oxygen atoms in total. The summed E-state index contributed by atoms with van der Waals surface area (Å²) in [7, 11) is 0. The van der Waals surface area contributed by atoms with Gasteiger partial charge in [0.05, 0.1) is 0 Å². The van der Waals surface area contributed by atoms with Gasteiger partial charge in [-0.25, -0.2) is 0 Å². The molecule has 0 bridgehead atoms. The summed E-state index contributed by atoms with van der Waals surface area (Å²) in [5, 5.41) is 5.24. The predicted octanol–water partition coefficient (Wildman–Crippen LogP) is 3.30. The highest BCUT2D eigenvalue weighted by atomic mass is 16.1. The molecule has 1 unspecified atom stereocenters. The Labute approximate surface area is 153 Å². The summed E-state index contributed by atoms with van der Waals surface area (Å²) in [6, 6.07) is 17.0. The molecule has 1 fully saturated rings. The van der Waals surface area contributed by atoms with Crippen LogP contribution < -0.4 is 10.9 Å². The third kappa shape index (κ3) is 3.43. The Kier molecular flexibility index (Phi) is 4.62. The van der Waals surface area contributed by atoms with Crippen LogP contribution in [-0.4, -0.2) is 35.6 Å². The van der Waals surface area contributed by atoms with Crippen LogP contribution in [0.25, 0.3) is 22.0 Å². The molecule has 0 spiro atoms. The van der Waals surface area contributed by atoms with Crippen LogP contribution in [0.4, 0.5) is 0 Å². The van der Waals surface area contributed by atoms with Crippen LogP contribution in [0, 0.1) is 6.92 Å². The van der Waals surface area contributed by atoms with Crippen molar-refractivity contribution < 1.29 is 0 Å². The first kappa shape index (κ1) is 17.0. The van der Waals surface area contributed by atoms with Gasteiger partial charge < -0.3 is 10.3 Å². The monoisotopic (exact) mass is 347 g/mol. The van der Waals surface area contributed by atoms with Crippen LogP contribution in [0.3, 0.4) is 0 Å². The van der Waals surface area contributed by atoms with Crippen molar-refractivity contribution in [3.05, 3.63) is 70.0 Å². The number of hydrogen-bond acceptors (Lipinski definition) is 3. The van der Waals surface area contributed by atoms with Gasteiger partial charge in [-0.2, -0.15) is 0 Å². The highest BCUT2D eigenvalue weighted by Crippen LogP contribution is 2.23. The van der Waals surface area contributed by atoms with Crippen molar-refractivity contribution in [2.24, 2.45) is 0 Å². The number of aryl methyl sites for hydroxylation is 1. The van der Waals surface area contributed by atoms with E-state index >= 15 is 0 Å². The number of H-pyrrole nitrogens is 1. The van der Waals surface area contributed by atoms with Crippen molar-refractivity contribution >= 4 is 10.8 Å². The average Bonchev–Trinajstić information content (AvgIpc) is 2.63. The number of rotatable bonds is 3. The second kappa shape index (κ2) is 7.06. The molecular formula is C22H25N3O. The van der Waals surface area contributed by atoms with Crippen LogP contribution in [-0.2, 0) is 6.54 Å². The zero-order chi connectivity index (χ0) is 18.1. The van der Waals surface area contributed by atoms with Crippen molar-refractivity contribution in [1.29, 1.82) is 0 Å². The van der Waals surface area contributed by atoms with Gasteiger partial charge >= 0.3 is 0 Å². The molecule has 1 aliphatic heterocycles. The summed E-state index contributed by atoms with van der Waals surface area (Å²) in [5.74, 6) is 0. The Morgan fingerprint density at radius 3 is 2.69 bits per heavy atom. The maximum absolute atomic E-state index is 12.4. The molecule has 0 amide bonds. The van der Waals surface area contributed by atoms with Gasteiger partial charge in [-0.05, 0) is 48.1 Å². The first-order valence-corrected chi connectivity index (χ1v) is 9.28. The van der Waals surface area contributed by atoms with E-state index in [1.165, 1.54) is 5.56 Å². The smallest absolute Gasteiger partial charge is 0.256 e. The molecule has 2 heterocycles. The van der Waals surface area contributed by atoms with E-state index < -0.39 is 0 Å². The SMILES string of the molecule is Cc1cccc2c(=O)[nH]c(-c3ccc(CN4CCNC(C)C4)cc3)cc12. The first-order valence-electron chi connectivity index (χ1n) is 9.28. The molecule has 1 aliphatic rings. The fourth-order valence-electron chi connectivity index (χ4n) is 3.80. The topological polar surface area (TPSA) is 48.1 Å². The fourth-order valence-corrected chi connectivity index (χ4v) is 3.80. The molecular weight excluding hydrogens is 322 g/mol. The van der Waals surface area contributed by atoms with Gasteiger partial charge in [-0.15, -0.1) is 0 Å². The van der Waals surface area contributed by atoms with Crippen LogP contribution in [0.1, 0.15) is 18.1 Å². The van der Waals surface area contributed by atoms with E-state index in [9.17, 15) is 4.79 Å². The second-order valence-electron chi connectivity index (χ2n) is 7.34. The molecule has 2 aromatic carbocycles. The molecule has 4 rings (SSSR count). The van der Waals surface area contributed by atoms with Gasteiger partial charge in [0.25, 0.3) is 5.56 Å². The van der Waals surface area contributed by atoms with E-state index in [1.807, 2.05) is 25.1 Å². The minimum atomic E-state index is -0.0277. The lowest BCUT2D eigenvalue weighted by Crippen LogP contribution is -2.48. The lowest BCUT2D eigenvalue weighted by molar-refractivity contribution is 0.199. The van der Waals surface area contributed by atoms with Gasteiger partial charge in [-0.3, -0.25) is 9.69 Å². The molecule has 4 heteroatoms. The predicted molar refractivity (Wildman–Crippen MR) is 107 cm³/mol. The number of piperazine rings is 1. The van der Waals surface area contributed by atoms with Gasteiger partial charge in [0.15, 0.2) is 0 Å². The standard InChI is InChI=1S/C22H25N3O/c1-15-4-3-5-19-20(15)12-21(24-22(19)26)18-8-6-17(7-9-18)14-25-11-10-23-16(2)13-25/h3-9,12,16,23H,10-11,13-14H2,1-2H3,(H,24,26). The summed E-state index contributed by atoms with van der Waals surface area (Å²) >= 11 is 0. The number of nitrogens with one attached hydrogen (secondary N) is 2. The van der Waals surface area contributed by atoms with Crippen molar-refractivity contribution in [2.45, 2.75) is 26.4 Å². The number of aromatic nitrogens is 1. The van der Waals surface area contributed by atoms with E-state index in [4.69, 9.17) is 0 Å². The van der Waals surface area contributed by atoms with Gasteiger partial charge in [0.1, 0.15) is 0 Å². The summed E-state index contributed by atoms with van der Waals surface area (Å²) in [6.45, 7) is 8.47. The Bertz CT molecular complexity index is 975. The Balaban J connectivity index is 1.60. The molecule has 0 radical (unpaired) electrons. The van der Waals surface area contributed by atoms with Crippen LogP contribution in [0.2, 0.25) is 0 Å². The number of aromatic amines is 1. The third-order valence-electron chi connectivity index (χ3n) is 5.23. The lowest BCUT2D eigenvalue weighted by atomic mass is 10.0. The molecule has 0 saturated carbocycles. The molecule has 2 N–H and O–H groups in total. The van der Waals surface area contributed by atoms with E-state index in [0.29, 0.717) is 6.04 Å². The minimum absolute atomic E-state index is 0.0277. The van der Waals surface area contributed by atoms with E-state index in [2.05, 4.69) is 52.5 Å². The number of nitrogens with zero attached hydrogens (tertiary/aromatic N) is 1. The average molecular weight is 347 g/mol. The third-order valence-corrected chi connectivity index (χ3v) is 5.23. The van der Waals surface area contributed by atoms with Gasteiger partial charge in [0.2, 0.25) is 0 Å². The summed E-state index contributed by atoms with van der Waals surface area (Å²) in [6.07, 6.45) is 0. The molecule has 134 valence electrons. The normalized spacial score (nSPS) is 18.3. The van der Waals surface area contributed by atoms with Crippen LogP contribution in [0.5, 0.6) is 0 Å². The van der Waals surface area contributed by atoms with E-state index in [0.717, 1.165) is 53.8 Å². The summed E-state index contributed by atoms with van der Waals surface area (Å²) in [4.78, 5) is 17.9. The highest BCUT2D eigenvalue weighted by Gasteiger charge is 2.15. The molecule has 26 heavy (non-hydrogen) atoms. The maximum atomic E-state index is 12.4. The largest absolute Gasteiger partial charge is 0.321 e. The van der Waals surface area contributed by atoms with Crippen molar-refractivity contribution in [3.63, 3.8) is 0 Å². The van der Waals surface area contributed by atoms with Crippen LogP contribution in [0.15, 0.2) is 53.3 Å². The Morgan fingerprint density at radius 1 is 1.12 bits per heavy atom. The van der Waals surface area contributed by atoms with Gasteiger partial charge in [0, 0.05) is 43.3 Å². The second-order valence-corrected chi connectivity index (χ2v) is 7.34. The zero-order valence-corrected chi connectivity index (χ0v) is 15.4. The summed E-state index contributed by atoms with van der Waals surface area (Å²) in [5.41, 5.74) is 4.32. The minimum Gasteiger partial charge on any atom is -0.321 e. The Morgan fingerprint density at radius 2 is 1.92 bits per heavy atom. The Hall–Kier alpha value is -2.43. The lowest BCUT2D eigenvalue weighted by Gasteiger charge is -2.31. The zero-order valence-electron chi connectivity index (χ0n) is 15.4. The van der Waals surface area contributed by atoms with Crippen molar-refractivity contribution in [1.82, 2.24) is 15.2 Å².